The first-order valence-corrected chi connectivity index (χ1v) is 7.21. The van der Waals surface area contributed by atoms with E-state index in [-0.39, 0.29) is 29.1 Å². The van der Waals surface area contributed by atoms with Crippen molar-refractivity contribution >= 4 is 11.6 Å². The third-order valence-electron chi connectivity index (χ3n) is 3.42. The lowest BCUT2D eigenvalue weighted by atomic mass is 10.1. The van der Waals surface area contributed by atoms with Crippen molar-refractivity contribution in [2.75, 3.05) is 13.1 Å². The summed E-state index contributed by atoms with van der Waals surface area (Å²) < 4.78 is 0. The minimum absolute atomic E-state index is 0.0511. The fourth-order valence-corrected chi connectivity index (χ4v) is 1.97. The molecule has 0 saturated heterocycles. The topological polar surface area (TPSA) is 75.5 Å². The van der Waals surface area contributed by atoms with Crippen molar-refractivity contribution in [1.82, 2.24) is 10.2 Å². The Balaban J connectivity index is 2.70. The van der Waals surface area contributed by atoms with E-state index in [0.29, 0.717) is 18.7 Å². The zero-order valence-electron chi connectivity index (χ0n) is 12.8. The van der Waals surface area contributed by atoms with E-state index in [9.17, 15) is 14.9 Å². The number of nitrogens with one attached hydrogen (secondary N) is 1. The maximum Gasteiger partial charge on any atom is 0.273 e. The molecule has 1 rings (SSSR count). The first kappa shape index (κ1) is 17.1. The number of nitro benzene ring substituents is 1. The Morgan fingerprint density at radius 2 is 2.05 bits per heavy atom. The minimum atomic E-state index is -0.387. The zero-order valence-corrected chi connectivity index (χ0v) is 12.8. The maximum atomic E-state index is 11.9. The van der Waals surface area contributed by atoms with Gasteiger partial charge >= 0.3 is 0 Å². The van der Waals surface area contributed by atoms with Gasteiger partial charge in [-0.3, -0.25) is 19.8 Å². The van der Waals surface area contributed by atoms with Crippen molar-refractivity contribution in [2.45, 2.75) is 39.8 Å². The van der Waals surface area contributed by atoms with Crippen LogP contribution in [-0.2, 0) is 11.3 Å². The average Bonchev–Trinajstić information content (AvgIpc) is 2.46. The van der Waals surface area contributed by atoms with Gasteiger partial charge in [-0.25, -0.2) is 0 Å². The van der Waals surface area contributed by atoms with Crippen LogP contribution in [0.2, 0.25) is 0 Å². The van der Waals surface area contributed by atoms with E-state index >= 15 is 0 Å². The first-order chi connectivity index (χ1) is 9.97. The molecule has 1 atom stereocenters. The van der Waals surface area contributed by atoms with Crippen LogP contribution < -0.4 is 5.32 Å². The Labute approximate surface area is 125 Å². The Morgan fingerprint density at radius 1 is 1.38 bits per heavy atom. The minimum Gasteiger partial charge on any atom is -0.353 e. The van der Waals surface area contributed by atoms with Crippen molar-refractivity contribution in [3.05, 3.63) is 39.9 Å². The van der Waals surface area contributed by atoms with E-state index in [1.54, 1.807) is 18.2 Å². The molecule has 6 nitrogen and oxygen atoms in total. The fourth-order valence-electron chi connectivity index (χ4n) is 1.97. The Hall–Kier alpha value is -1.95. The third-order valence-corrected chi connectivity index (χ3v) is 3.42. The molecule has 0 aliphatic heterocycles. The molecule has 21 heavy (non-hydrogen) atoms. The molecular formula is C15H23N3O3. The van der Waals surface area contributed by atoms with Gasteiger partial charge in [-0.1, -0.05) is 32.0 Å². The summed E-state index contributed by atoms with van der Waals surface area (Å²) in [5.74, 6) is -0.0511. The van der Waals surface area contributed by atoms with E-state index in [2.05, 4.69) is 5.32 Å². The summed E-state index contributed by atoms with van der Waals surface area (Å²) in [5.41, 5.74) is 0.721. The van der Waals surface area contributed by atoms with Crippen molar-refractivity contribution in [2.24, 2.45) is 0 Å². The molecule has 6 heteroatoms. The summed E-state index contributed by atoms with van der Waals surface area (Å²) in [6.45, 7) is 7.19. The first-order valence-electron chi connectivity index (χ1n) is 7.21. The van der Waals surface area contributed by atoms with Crippen molar-refractivity contribution in [3.8, 4) is 0 Å². The standard InChI is InChI=1S/C15H23N3O3/c1-4-12(3)16-15(19)11-17(5-2)10-13-8-6-7-9-14(13)18(20)21/h6-9,12H,4-5,10-11H2,1-3H3,(H,16,19). The predicted molar refractivity (Wildman–Crippen MR) is 81.9 cm³/mol. The monoisotopic (exact) mass is 293 g/mol. The van der Waals surface area contributed by atoms with Crippen LogP contribution in [0.5, 0.6) is 0 Å². The smallest absolute Gasteiger partial charge is 0.273 e. The maximum absolute atomic E-state index is 11.9. The Bertz CT molecular complexity index is 491. The van der Waals surface area contributed by atoms with Crippen LogP contribution in [0.3, 0.4) is 0 Å². The Kier molecular flexibility index (Phi) is 6.81. The number of nitrogens with zero attached hydrogens (tertiary/aromatic N) is 2. The molecule has 0 bridgehead atoms. The second kappa shape index (κ2) is 8.36. The van der Waals surface area contributed by atoms with Crippen LogP contribution in [0, 0.1) is 10.1 Å². The molecule has 116 valence electrons. The number of amides is 1. The number of benzene rings is 1. The molecule has 0 radical (unpaired) electrons. The number of nitro groups is 1. The molecule has 0 heterocycles. The second-order valence-corrected chi connectivity index (χ2v) is 5.07. The molecule has 0 fully saturated rings. The van der Waals surface area contributed by atoms with Gasteiger partial charge in [-0.15, -0.1) is 0 Å². The highest BCUT2D eigenvalue weighted by Gasteiger charge is 2.17. The summed E-state index contributed by atoms with van der Waals surface area (Å²) in [7, 11) is 0. The van der Waals surface area contributed by atoms with E-state index in [1.165, 1.54) is 6.07 Å². The number of likely N-dealkylation sites (N-methyl/N-ethyl adjacent to an activating group) is 1. The summed E-state index contributed by atoms with van der Waals surface area (Å²) in [6, 6.07) is 6.78. The van der Waals surface area contributed by atoms with E-state index < -0.39 is 0 Å². The normalized spacial score (nSPS) is 12.2. The van der Waals surface area contributed by atoms with Gasteiger partial charge in [0.25, 0.3) is 5.69 Å². The molecule has 1 aromatic rings. The van der Waals surface area contributed by atoms with E-state index in [1.807, 2.05) is 25.7 Å². The number of rotatable bonds is 8. The van der Waals surface area contributed by atoms with Gasteiger partial charge in [-0.05, 0) is 19.9 Å². The third kappa shape index (κ3) is 5.51. The number of carbonyl (C=O) groups excluding carboxylic acids is 1. The van der Waals surface area contributed by atoms with E-state index in [0.717, 1.165) is 6.42 Å². The molecule has 0 aliphatic rings. The van der Waals surface area contributed by atoms with Crippen LogP contribution in [0.1, 0.15) is 32.8 Å². The van der Waals surface area contributed by atoms with Gasteiger partial charge in [-0.2, -0.15) is 0 Å². The highest BCUT2D eigenvalue weighted by atomic mass is 16.6. The van der Waals surface area contributed by atoms with Gasteiger partial charge in [0.2, 0.25) is 5.91 Å². The van der Waals surface area contributed by atoms with Crippen LogP contribution in [-0.4, -0.2) is 34.9 Å². The Morgan fingerprint density at radius 3 is 2.62 bits per heavy atom. The second-order valence-electron chi connectivity index (χ2n) is 5.07. The van der Waals surface area contributed by atoms with Crippen LogP contribution in [0.25, 0.3) is 0 Å². The van der Waals surface area contributed by atoms with Gasteiger partial charge in [0.05, 0.1) is 11.5 Å². The van der Waals surface area contributed by atoms with Gasteiger partial charge in [0, 0.05) is 24.2 Å². The van der Waals surface area contributed by atoms with Crippen molar-refractivity contribution < 1.29 is 9.72 Å². The lowest BCUT2D eigenvalue weighted by molar-refractivity contribution is -0.385. The van der Waals surface area contributed by atoms with Crippen molar-refractivity contribution in [3.63, 3.8) is 0 Å². The molecule has 0 saturated carbocycles. The SMILES string of the molecule is CCC(C)NC(=O)CN(CC)Cc1ccccc1[N+](=O)[O-]. The summed E-state index contributed by atoms with van der Waals surface area (Å²) >= 11 is 0. The lowest BCUT2D eigenvalue weighted by Crippen LogP contribution is -2.40. The molecule has 0 spiro atoms. The summed E-state index contributed by atoms with van der Waals surface area (Å²) in [4.78, 5) is 24.4. The van der Waals surface area contributed by atoms with Crippen LogP contribution in [0.15, 0.2) is 24.3 Å². The summed E-state index contributed by atoms with van der Waals surface area (Å²) in [6.07, 6.45) is 0.877. The van der Waals surface area contributed by atoms with Crippen LogP contribution in [0.4, 0.5) is 5.69 Å². The van der Waals surface area contributed by atoms with Gasteiger partial charge in [0.15, 0.2) is 0 Å². The molecule has 0 aliphatic carbocycles. The molecule has 0 aromatic heterocycles. The molecule has 1 unspecified atom stereocenters. The van der Waals surface area contributed by atoms with Crippen LogP contribution >= 0.6 is 0 Å². The molecule has 1 amide bonds. The highest BCUT2D eigenvalue weighted by molar-refractivity contribution is 5.78. The highest BCUT2D eigenvalue weighted by Crippen LogP contribution is 2.19. The quantitative estimate of drug-likeness (QED) is 0.589. The number of carbonyl (C=O) groups is 1. The van der Waals surface area contributed by atoms with E-state index in [4.69, 9.17) is 0 Å². The summed E-state index contributed by atoms with van der Waals surface area (Å²) in [5, 5.41) is 13.9. The lowest BCUT2D eigenvalue weighted by Gasteiger charge is -2.21. The largest absolute Gasteiger partial charge is 0.353 e. The number of hydrogen-bond donors (Lipinski definition) is 1. The molecule has 1 aromatic carbocycles. The van der Waals surface area contributed by atoms with Gasteiger partial charge < -0.3 is 5.32 Å². The fraction of sp³-hybridized carbons (Fsp3) is 0.533. The number of para-hydroxylation sites is 1. The van der Waals surface area contributed by atoms with Crippen molar-refractivity contribution in [1.29, 1.82) is 0 Å². The number of hydrogen-bond acceptors (Lipinski definition) is 4. The average molecular weight is 293 g/mol. The predicted octanol–water partition coefficient (Wildman–Crippen LogP) is 2.33. The van der Waals surface area contributed by atoms with Gasteiger partial charge in [0.1, 0.15) is 0 Å². The molecule has 1 N–H and O–H groups in total. The zero-order chi connectivity index (χ0) is 15.8. The molecular weight excluding hydrogens is 270 g/mol.